The number of fused-ring (bicyclic) bond motifs is 7. The van der Waals surface area contributed by atoms with Gasteiger partial charge < -0.3 is 44.5 Å². The first-order valence-corrected chi connectivity index (χ1v) is 16.6. The highest BCUT2D eigenvalue weighted by atomic mass is 16.7. The van der Waals surface area contributed by atoms with Crippen LogP contribution in [0.1, 0.15) is 76.2 Å². The molecule has 0 aromatic heterocycles. The van der Waals surface area contributed by atoms with Crippen molar-refractivity contribution in [2.75, 3.05) is 6.61 Å². The van der Waals surface area contributed by atoms with Crippen molar-refractivity contribution in [1.82, 2.24) is 0 Å². The smallest absolute Gasteiger partial charge is 0.243 e. The molecule has 7 rings (SSSR count). The van der Waals surface area contributed by atoms with Crippen molar-refractivity contribution in [3.8, 4) is 17.8 Å². The van der Waals surface area contributed by atoms with Crippen molar-refractivity contribution in [3.63, 3.8) is 0 Å². The van der Waals surface area contributed by atoms with Crippen molar-refractivity contribution in [2.24, 2.45) is 17.3 Å². The molecule has 9 nitrogen and oxygen atoms in total. The zero-order valence-electron chi connectivity index (χ0n) is 25.9. The minimum Gasteiger partial charge on any atom is -0.486 e. The summed E-state index contributed by atoms with van der Waals surface area (Å²) < 4.78 is 25.4. The van der Waals surface area contributed by atoms with Crippen LogP contribution in [0.2, 0.25) is 0 Å². The van der Waals surface area contributed by atoms with Crippen molar-refractivity contribution in [2.45, 2.75) is 125 Å². The number of allylic oxidation sites excluding steroid dienone is 2. The molecule has 2 spiro atoms. The molecule has 3 bridgehead atoms. The summed E-state index contributed by atoms with van der Waals surface area (Å²) in [6.07, 6.45) is 8.52. The normalized spacial score (nSPS) is 42.4. The van der Waals surface area contributed by atoms with Gasteiger partial charge in [0.15, 0.2) is 5.60 Å². The Morgan fingerprint density at radius 3 is 2.69 bits per heavy atom. The van der Waals surface area contributed by atoms with Crippen LogP contribution in [-0.4, -0.2) is 80.2 Å². The van der Waals surface area contributed by atoms with E-state index in [0.29, 0.717) is 37.9 Å². The zero-order valence-corrected chi connectivity index (χ0v) is 25.9. The minimum absolute atomic E-state index is 0.0932. The van der Waals surface area contributed by atoms with Gasteiger partial charge in [0.2, 0.25) is 6.29 Å². The maximum atomic E-state index is 12.0. The van der Waals surface area contributed by atoms with Crippen LogP contribution in [0.5, 0.6) is 5.75 Å². The van der Waals surface area contributed by atoms with Gasteiger partial charge in [0.25, 0.3) is 0 Å². The number of hydrogen-bond donors (Lipinski definition) is 5. The molecular formula is C36H48O9. The topological polar surface area (TPSA) is 138 Å². The Kier molecular flexibility index (Phi) is 9.54. The lowest BCUT2D eigenvalue weighted by Gasteiger charge is -2.56. The van der Waals surface area contributed by atoms with Gasteiger partial charge in [-0.25, -0.2) is 0 Å². The Labute approximate surface area is 265 Å². The highest BCUT2D eigenvalue weighted by molar-refractivity contribution is 5.29. The summed E-state index contributed by atoms with van der Waals surface area (Å²) in [4.78, 5) is 0. The quantitative estimate of drug-likeness (QED) is 0.228. The fourth-order valence-corrected chi connectivity index (χ4v) is 8.74. The molecule has 9 heteroatoms. The standard InChI is InChI=1S/C36H48O9/c1-2-7-24-11-13-26(14-12-24)44-33-36-22-27(34(18-21-43-36)17-15-25-8-3-4-16-35(25,41)23-34)28(38)9-6-20-42-29(10-5-19-37)31(45-33)30(39)32(36)40/h2,11-14,18,21,25,27-33,37-41H,1,3-5,7-10,15-17,19,22-23H2/t25-,27-,28+,29-,30+,31+,32-,33-,34+,35+,36+/m0/s1. The van der Waals surface area contributed by atoms with Crippen molar-refractivity contribution in [3.05, 3.63) is 54.8 Å². The van der Waals surface area contributed by atoms with E-state index < -0.39 is 59.3 Å². The molecular weight excluding hydrogens is 576 g/mol. The molecule has 2 saturated carbocycles. The summed E-state index contributed by atoms with van der Waals surface area (Å²) in [5.41, 5.74) is -2.05. The van der Waals surface area contributed by atoms with E-state index in [0.717, 1.165) is 37.7 Å². The molecule has 11 atom stereocenters. The second-order valence-corrected chi connectivity index (χ2v) is 13.9. The van der Waals surface area contributed by atoms with Crippen LogP contribution in [0, 0.1) is 29.3 Å². The van der Waals surface area contributed by atoms with Gasteiger partial charge in [0.05, 0.1) is 18.0 Å². The Morgan fingerprint density at radius 2 is 1.91 bits per heavy atom. The molecule has 4 heterocycles. The first-order chi connectivity index (χ1) is 21.7. The Bertz CT molecular complexity index is 1270. The monoisotopic (exact) mass is 624 g/mol. The van der Waals surface area contributed by atoms with Gasteiger partial charge in [-0.2, -0.15) is 0 Å². The molecule has 0 amide bonds. The number of aliphatic hydroxyl groups excluding tert-OH is 4. The molecule has 2 aliphatic carbocycles. The second-order valence-electron chi connectivity index (χ2n) is 13.9. The van der Waals surface area contributed by atoms with Crippen molar-refractivity contribution in [1.29, 1.82) is 0 Å². The number of benzene rings is 1. The first kappa shape index (κ1) is 32.4. The van der Waals surface area contributed by atoms with Crippen molar-refractivity contribution < 1.29 is 44.5 Å². The van der Waals surface area contributed by atoms with Crippen LogP contribution in [0.25, 0.3) is 0 Å². The molecule has 45 heavy (non-hydrogen) atoms. The van der Waals surface area contributed by atoms with Crippen molar-refractivity contribution >= 4 is 0 Å². The number of rotatable bonds is 7. The van der Waals surface area contributed by atoms with E-state index in [4.69, 9.17) is 18.9 Å². The van der Waals surface area contributed by atoms with E-state index in [2.05, 4.69) is 18.6 Å². The molecule has 1 aromatic carbocycles. The highest BCUT2D eigenvalue weighted by Gasteiger charge is 2.65. The summed E-state index contributed by atoms with van der Waals surface area (Å²) >= 11 is 0. The SMILES string of the molecule is C=CCc1ccc(O[C@H]2O[C@H]3[C@@H](O)[C@H](O)[C@]24C[C@@H]([C@H](O)CC#CO[C@H]3CCCO)[C@@]2(C=CO4)CC[C@@H]3CCCC[C@@]3(O)C2)cc1. The van der Waals surface area contributed by atoms with Gasteiger partial charge in [-0.15, -0.1) is 6.58 Å². The van der Waals surface area contributed by atoms with Gasteiger partial charge in [0, 0.05) is 19.4 Å². The fourth-order valence-electron chi connectivity index (χ4n) is 8.74. The number of hydrogen-bond acceptors (Lipinski definition) is 9. The summed E-state index contributed by atoms with van der Waals surface area (Å²) in [6.45, 7) is 3.71. The largest absolute Gasteiger partial charge is 0.486 e. The van der Waals surface area contributed by atoms with E-state index in [9.17, 15) is 25.5 Å². The summed E-state index contributed by atoms with van der Waals surface area (Å²) in [6, 6.07) is 7.48. The molecule has 0 unspecified atom stereocenters. The van der Waals surface area contributed by atoms with Crippen LogP contribution in [-0.2, 0) is 20.6 Å². The molecule has 5 N–H and O–H groups in total. The second kappa shape index (κ2) is 13.3. The van der Waals surface area contributed by atoms with E-state index in [1.807, 2.05) is 36.4 Å². The maximum absolute atomic E-state index is 12.0. The zero-order chi connectivity index (χ0) is 31.7. The third kappa shape index (κ3) is 6.14. The molecule has 6 aliphatic rings. The number of ether oxygens (including phenoxy) is 4. The predicted octanol–water partition coefficient (Wildman–Crippen LogP) is 3.50. The molecule has 0 radical (unpaired) electrons. The van der Waals surface area contributed by atoms with Crippen LogP contribution in [0.15, 0.2) is 49.3 Å². The third-order valence-corrected chi connectivity index (χ3v) is 11.2. The van der Waals surface area contributed by atoms with E-state index in [-0.39, 0.29) is 25.4 Å². The molecule has 4 aliphatic heterocycles. The van der Waals surface area contributed by atoms with Crippen LogP contribution >= 0.6 is 0 Å². The average molecular weight is 625 g/mol. The highest BCUT2D eigenvalue weighted by Crippen LogP contribution is 2.59. The Hall–Kier alpha value is -2.58. The van der Waals surface area contributed by atoms with Crippen LogP contribution in [0.4, 0.5) is 0 Å². The lowest BCUT2D eigenvalue weighted by molar-refractivity contribution is -0.334. The van der Waals surface area contributed by atoms with Gasteiger partial charge in [-0.3, -0.25) is 0 Å². The van der Waals surface area contributed by atoms with E-state index >= 15 is 0 Å². The molecule has 1 aromatic rings. The average Bonchev–Trinajstić information content (AvgIpc) is 3.19. The summed E-state index contributed by atoms with van der Waals surface area (Å²) in [7, 11) is 0. The summed E-state index contributed by atoms with van der Waals surface area (Å²) in [5, 5.41) is 57.0. The van der Waals surface area contributed by atoms with Gasteiger partial charge in [-0.05, 0) is 92.4 Å². The fraction of sp³-hybridized carbons (Fsp3) is 0.667. The Balaban J connectivity index is 1.42. The van der Waals surface area contributed by atoms with Gasteiger partial charge in [0.1, 0.15) is 36.3 Å². The maximum Gasteiger partial charge on any atom is 0.243 e. The lowest BCUT2D eigenvalue weighted by Crippen LogP contribution is -2.70. The lowest BCUT2D eigenvalue weighted by atomic mass is 9.53. The minimum atomic E-state index is -1.61. The van der Waals surface area contributed by atoms with E-state index in [1.165, 1.54) is 0 Å². The predicted molar refractivity (Wildman–Crippen MR) is 165 cm³/mol. The molecule has 246 valence electrons. The van der Waals surface area contributed by atoms with Gasteiger partial charge >= 0.3 is 0 Å². The molecule has 1 saturated heterocycles. The Morgan fingerprint density at radius 1 is 1.09 bits per heavy atom. The summed E-state index contributed by atoms with van der Waals surface area (Å²) in [5.74, 6) is 3.15. The third-order valence-electron chi connectivity index (χ3n) is 11.2. The van der Waals surface area contributed by atoms with Crippen LogP contribution in [0.3, 0.4) is 0 Å². The van der Waals surface area contributed by atoms with E-state index in [1.54, 1.807) is 6.26 Å². The van der Waals surface area contributed by atoms with Crippen LogP contribution < -0.4 is 4.74 Å². The first-order valence-electron chi connectivity index (χ1n) is 16.6. The van der Waals surface area contributed by atoms with Gasteiger partial charge in [-0.1, -0.05) is 37.0 Å². The number of aliphatic hydroxyl groups is 5. The molecule has 3 fully saturated rings.